The third kappa shape index (κ3) is 4.47. The highest BCUT2D eigenvalue weighted by atomic mass is 19.4. The smallest absolute Gasteiger partial charge is 0.418 e. The number of rotatable bonds is 5. The van der Waals surface area contributed by atoms with Gasteiger partial charge >= 0.3 is 6.18 Å². The summed E-state index contributed by atoms with van der Waals surface area (Å²) in [7, 11) is 0. The molecule has 10 heteroatoms. The van der Waals surface area contributed by atoms with Crippen LogP contribution in [0, 0.1) is 15.9 Å². The van der Waals surface area contributed by atoms with E-state index in [1.165, 1.54) is 25.1 Å². The van der Waals surface area contributed by atoms with Gasteiger partial charge in [-0.05, 0) is 25.1 Å². The van der Waals surface area contributed by atoms with Gasteiger partial charge in [0.15, 0.2) is 17.7 Å². The molecule has 1 atom stereocenters. The van der Waals surface area contributed by atoms with Crippen LogP contribution in [-0.4, -0.2) is 16.9 Å². The molecule has 0 aromatic heterocycles. The van der Waals surface area contributed by atoms with Crippen molar-refractivity contribution < 1.29 is 32.0 Å². The van der Waals surface area contributed by atoms with Crippen molar-refractivity contribution in [1.29, 1.82) is 0 Å². The van der Waals surface area contributed by atoms with E-state index in [1.54, 1.807) is 0 Å². The monoisotopic (exact) mass is 372 g/mol. The van der Waals surface area contributed by atoms with Crippen LogP contribution in [0.4, 0.5) is 28.9 Å². The highest BCUT2D eigenvalue weighted by Gasteiger charge is 2.36. The van der Waals surface area contributed by atoms with E-state index in [4.69, 9.17) is 4.74 Å². The van der Waals surface area contributed by atoms with Crippen LogP contribution in [0.1, 0.15) is 12.5 Å². The fraction of sp³-hybridized carbons (Fsp3) is 0.188. The van der Waals surface area contributed by atoms with E-state index in [-0.39, 0.29) is 5.75 Å². The molecule has 1 amide bonds. The van der Waals surface area contributed by atoms with Gasteiger partial charge in [-0.25, -0.2) is 4.39 Å². The number of carbonyl (C=O) groups excluding carboxylic acids is 1. The quantitative estimate of drug-likeness (QED) is 0.485. The van der Waals surface area contributed by atoms with Crippen LogP contribution < -0.4 is 10.1 Å². The molecule has 6 nitrogen and oxygen atoms in total. The second-order valence-corrected chi connectivity index (χ2v) is 5.16. The van der Waals surface area contributed by atoms with Crippen molar-refractivity contribution in [2.24, 2.45) is 0 Å². The van der Waals surface area contributed by atoms with Gasteiger partial charge in [0.25, 0.3) is 11.6 Å². The number of anilines is 1. The topological polar surface area (TPSA) is 81.5 Å². The number of alkyl halides is 3. The van der Waals surface area contributed by atoms with Crippen LogP contribution in [-0.2, 0) is 11.0 Å². The minimum atomic E-state index is -4.93. The second kappa shape index (κ2) is 7.38. The average molecular weight is 372 g/mol. The maximum atomic E-state index is 13.5. The molecule has 2 aromatic rings. The zero-order valence-electron chi connectivity index (χ0n) is 13.2. The first kappa shape index (κ1) is 19.2. The Morgan fingerprint density at radius 3 is 2.46 bits per heavy atom. The van der Waals surface area contributed by atoms with Crippen LogP contribution in [0.2, 0.25) is 0 Å². The van der Waals surface area contributed by atoms with Crippen LogP contribution in [0.15, 0.2) is 42.5 Å². The van der Waals surface area contributed by atoms with E-state index in [2.05, 4.69) is 0 Å². The van der Waals surface area contributed by atoms with E-state index in [1.807, 2.05) is 5.32 Å². The largest absolute Gasteiger partial charge is 0.478 e. The van der Waals surface area contributed by atoms with Gasteiger partial charge in [-0.3, -0.25) is 14.9 Å². The number of nitrogens with one attached hydrogen (secondary N) is 1. The average Bonchev–Trinajstić information content (AvgIpc) is 2.56. The Balaban J connectivity index is 2.22. The van der Waals surface area contributed by atoms with Crippen LogP contribution in [0.5, 0.6) is 5.75 Å². The van der Waals surface area contributed by atoms with Crippen molar-refractivity contribution in [3.05, 3.63) is 64.0 Å². The number of benzene rings is 2. The van der Waals surface area contributed by atoms with Gasteiger partial charge < -0.3 is 10.1 Å². The number of nitro benzene ring substituents is 1. The molecule has 0 aliphatic heterocycles. The molecule has 0 aliphatic carbocycles. The predicted octanol–water partition coefficient (Wildman–Crippen LogP) is 4.16. The highest BCUT2D eigenvalue weighted by Crippen LogP contribution is 2.37. The predicted molar refractivity (Wildman–Crippen MR) is 83.2 cm³/mol. The Labute approximate surface area is 144 Å². The van der Waals surface area contributed by atoms with E-state index < -0.39 is 45.9 Å². The summed E-state index contributed by atoms with van der Waals surface area (Å²) in [5.74, 6) is -1.96. The van der Waals surface area contributed by atoms with Crippen molar-refractivity contribution in [2.45, 2.75) is 19.2 Å². The first-order valence-corrected chi connectivity index (χ1v) is 7.17. The number of amides is 1. The maximum Gasteiger partial charge on any atom is 0.418 e. The zero-order chi connectivity index (χ0) is 19.5. The van der Waals surface area contributed by atoms with Crippen LogP contribution in [0.3, 0.4) is 0 Å². The summed E-state index contributed by atoms with van der Waals surface area (Å²) in [4.78, 5) is 21.7. The lowest BCUT2D eigenvalue weighted by Gasteiger charge is -2.17. The van der Waals surface area contributed by atoms with Crippen molar-refractivity contribution in [1.82, 2.24) is 0 Å². The molecule has 0 aliphatic rings. The number of hydrogen-bond donors (Lipinski definition) is 1. The zero-order valence-corrected chi connectivity index (χ0v) is 13.2. The number of hydrogen-bond acceptors (Lipinski definition) is 4. The molecule has 26 heavy (non-hydrogen) atoms. The fourth-order valence-electron chi connectivity index (χ4n) is 2.01. The summed E-state index contributed by atoms with van der Waals surface area (Å²) in [6.07, 6.45) is -6.24. The SMILES string of the molecule is C[C@H](Oc1ccccc1F)C(=O)Nc1ccc([N+](=O)[O-])cc1C(F)(F)F. The Hall–Kier alpha value is -3.17. The molecule has 1 N–H and O–H groups in total. The molecule has 0 unspecified atom stereocenters. The number of ether oxygens (including phenoxy) is 1. The molecule has 0 saturated carbocycles. The second-order valence-electron chi connectivity index (χ2n) is 5.16. The molecule has 2 rings (SSSR count). The number of nitrogens with zero attached hydrogens (tertiary/aromatic N) is 1. The van der Waals surface area contributed by atoms with Gasteiger partial charge in [-0.1, -0.05) is 12.1 Å². The Morgan fingerprint density at radius 1 is 1.23 bits per heavy atom. The van der Waals surface area contributed by atoms with Crippen molar-refractivity contribution in [3.8, 4) is 5.75 Å². The third-order valence-corrected chi connectivity index (χ3v) is 3.29. The molecule has 0 bridgehead atoms. The Morgan fingerprint density at radius 2 is 1.88 bits per heavy atom. The number of halogens is 4. The van der Waals surface area contributed by atoms with Gasteiger partial charge in [-0.15, -0.1) is 0 Å². The minimum absolute atomic E-state index is 0.241. The molecule has 0 saturated heterocycles. The lowest BCUT2D eigenvalue weighted by atomic mass is 10.1. The van der Waals surface area contributed by atoms with Crippen LogP contribution >= 0.6 is 0 Å². The Kier molecular flexibility index (Phi) is 5.44. The van der Waals surface area contributed by atoms with Crippen molar-refractivity contribution in [2.75, 3.05) is 5.32 Å². The van der Waals surface area contributed by atoms with Gasteiger partial charge in [0.05, 0.1) is 16.2 Å². The first-order valence-electron chi connectivity index (χ1n) is 7.17. The third-order valence-electron chi connectivity index (χ3n) is 3.29. The lowest BCUT2D eigenvalue weighted by molar-refractivity contribution is -0.385. The minimum Gasteiger partial charge on any atom is -0.478 e. The number of carbonyl (C=O) groups is 1. The number of non-ortho nitro benzene ring substituents is 1. The summed E-state index contributed by atoms with van der Waals surface area (Å²) in [5, 5.41) is 12.6. The van der Waals surface area contributed by atoms with Gasteiger partial charge in [0.1, 0.15) is 0 Å². The summed E-state index contributed by atoms with van der Waals surface area (Å²) in [6, 6.07) is 7.13. The molecule has 0 spiro atoms. The number of nitro groups is 1. The summed E-state index contributed by atoms with van der Waals surface area (Å²) < 4.78 is 57.9. The Bertz CT molecular complexity index is 839. The molecule has 0 fully saturated rings. The molecular formula is C16H12F4N2O4. The van der Waals surface area contributed by atoms with E-state index in [0.717, 1.165) is 18.2 Å². The molecule has 2 aromatic carbocycles. The van der Waals surface area contributed by atoms with E-state index >= 15 is 0 Å². The fourth-order valence-corrected chi connectivity index (χ4v) is 2.01. The van der Waals surface area contributed by atoms with Crippen molar-refractivity contribution >= 4 is 17.3 Å². The first-order chi connectivity index (χ1) is 12.1. The highest BCUT2D eigenvalue weighted by molar-refractivity contribution is 5.95. The molecular weight excluding hydrogens is 360 g/mol. The summed E-state index contributed by atoms with van der Waals surface area (Å²) >= 11 is 0. The summed E-state index contributed by atoms with van der Waals surface area (Å²) in [6.45, 7) is 1.22. The summed E-state index contributed by atoms with van der Waals surface area (Å²) in [5.41, 5.74) is -2.82. The molecule has 138 valence electrons. The van der Waals surface area contributed by atoms with Crippen molar-refractivity contribution in [3.63, 3.8) is 0 Å². The lowest BCUT2D eigenvalue weighted by Crippen LogP contribution is -2.31. The number of para-hydroxylation sites is 1. The van der Waals surface area contributed by atoms with Gasteiger partial charge in [0.2, 0.25) is 0 Å². The molecule has 0 radical (unpaired) electrons. The van der Waals surface area contributed by atoms with Gasteiger partial charge in [-0.2, -0.15) is 13.2 Å². The molecule has 0 heterocycles. The van der Waals surface area contributed by atoms with Crippen LogP contribution in [0.25, 0.3) is 0 Å². The van der Waals surface area contributed by atoms with E-state index in [0.29, 0.717) is 6.07 Å². The van der Waals surface area contributed by atoms with Gasteiger partial charge in [0, 0.05) is 12.1 Å². The standard InChI is InChI=1S/C16H12F4N2O4/c1-9(26-14-5-3-2-4-12(14)17)15(23)21-13-7-6-10(22(24)25)8-11(13)16(18,19)20/h2-9H,1H3,(H,21,23)/t9-/m0/s1. The normalized spacial score (nSPS) is 12.3. The van der Waals surface area contributed by atoms with E-state index in [9.17, 15) is 32.5 Å². The maximum absolute atomic E-state index is 13.5.